The summed E-state index contributed by atoms with van der Waals surface area (Å²) in [5, 5.41) is 8.72. The zero-order valence-electron chi connectivity index (χ0n) is 16.5. The molecule has 152 valence electrons. The van der Waals surface area contributed by atoms with Crippen LogP contribution in [-0.4, -0.2) is 56.6 Å². The molecular formula is C20H27ClN4O2S. The van der Waals surface area contributed by atoms with Gasteiger partial charge in [0.2, 0.25) is 0 Å². The van der Waals surface area contributed by atoms with Gasteiger partial charge in [-0.25, -0.2) is 0 Å². The molecule has 0 saturated carbocycles. The molecule has 0 aliphatic heterocycles. The Kier molecular flexibility index (Phi) is 9.43. The number of rotatable bonds is 10. The van der Waals surface area contributed by atoms with Crippen LogP contribution in [0.5, 0.6) is 0 Å². The van der Waals surface area contributed by atoms with Gasteiger partial charge in [0, 0.05) is 43.8 Å². The normalized spacial score (nSPS) is 11.7. The Morgan fingerprint density at radius 1 is 1.29 bits per heavy atom. The molecule has 0 unspecified atom stereocenters. The quantitative estimate of drug-likeness (QED) is 0.263. The third-order valence-corrected chi connectivity index (χ3v) is 4.37. The number of halogens is 1. The molecule has 1 aromatic heterocycles. The first-order valence-corrected chi connectivity index (χ1v) is 9.88. The molecule has 0 saturated heterocycles. The summed E-state index contributed by atoms with van der Waals surface area (Å²) >= 11 is 11.4. The van der Waals surface area contributed by atoms with Crippen LogP contribution in [0.1, 0.15) is 18.6 Å². The smallest absolute Gasteiger partial charge is 0.186 e. The lowest BCUT2D eigenvalue weighted by Gasteiger charge is -2.11. The molecule has 28 heavy (non-hydrogen) atoms. The third-order valence-electron chi connectivity index (χ3n) is 3.90. The van der Waals surface area contributed by atoms with E-state index in [2.05, 4.69) is 20.7 Å². The topological polar surface area (TPSA) is 62.0 Å². The molecule has 0 aliphatic carbocycles. The molecule has 0 fully saturated rings. The molecule has 1 aromatic carbocycles. The molecule has 0 aliphatic rings. The van der Waals surface area contributed by atoms with Gasteiger partial charge >= 0.3 is 0 Å². The minimum atomic E-state index is 0.472. The van der Waals surface area contributed by atoms with E-state index < -0.39 is 0 Å². The van der Waals surface area contributed by atoms with Crippen molar-refractivity contribution < 1.29 is 9.15 Å². The van der Waals surface area contributed by atoms with Crippen molar-refractivity contribution in [3.63, 3.8) is 0 Å². The zero-order chi connectivity index (χ0) is 20.4. The maximum Gasteiger partial charge on any atom is 0.186 e. The number of hydrazone groups is 1. The molecule has 2 aromatic rings. The highest BCUT2D eigenvalue weighted by atomic mass is 35.5. The van der Waals surface area contributed by atoms with Gasteiger partial charge in [0.1, 0.15) is 11.5 Å². The summed E-state index contributed by atoms with van der Waals surface area (Å²) in [4.78, 5) is 2.09. The van der Waals surface area contributed by atoms with Gasteiger partial charge in [-0.3, -0.25) is 5.43 Å². The van der Waals surface area contributed by atoms with E-state index in [1.807, 2.05) is 50.5 Å². The summed E-state index contributed by atoms with van der Waals surface area (Å²) in [7, 11) is 5.72. The summed E-state index contributed by atoms with van der Waals surface area (Å²) in [6.45, 7) is 2.25. The number of nitrogens with one attached hydrogen (secondary N) is 2. The lowest BCUT2D eigenvalue weighted by molar-refractivity contribution is 0.195. The number of methoxy groups -OCH3 is 1. The lowest BCUT2D eigenvalue weighted by atomic mass is 10.2. The summed E-state index contributed by atoms with van der Waals surface area (Å²) in [6, 6.07) is 11.4. The number of hydrogen-bond acceptors (Lipinski definition) is 5. The molecule has 6 nitrogen and oxygen atoms in total. The van der Waals surface area contributed by atoms with Crippen molar-refractivity contribution in [3.8, 4) is 11.3 Å². The van der Waals surface area contributed by atoms with Crippen molar-refractivity contribution in [2.24, 2.45) is 5.10 Å². The Morgan fingerprint density at radius 3 is 2.82 bits per heavy atom. The Balaban J connectivity index is 2.08. The number of nitrogens with zero attached hydrogens (tertiary/aromatic N) is 2. The molecule has 0 bridgehead atoms. The Morgan fingerprint density at radius 2 is 2.11 bits per heavy atom. The van der Waals surface area contributed by atoms with E-state index in [1.54, 1.807) is 7.11 Å². The van der Waals surface area contributed by atoms with Crippen molar-refractivity contribution in [1.29, 1.82) is 0 Å². The van der Waals surface area contributed by atoms with E-state index in [4.69, 9.17) is 33.0 Å². The fraction of sp³-hybridized carbons (Fsp3) is 0.400. The van der Waals surface area contributed by atoms with Crippen LogP contribution in [0, 0.1) is 0 Å². The summed E-state index contributed by atoms with van der Waals surface area (Å²) in [5.41, 5.74) is 4.63. The maximum atomic E-state index is 6.08. The number of thiocarbonyl (C=S) groups is 1. The average Bonchev–Trinajstić information content (AvgIpc) is 3.15. The summed E-state index contributed by atoms with van der Waals surface area (Å²) < 4.78 is 11.1. The van der Waals surface area contributed by atoms with Crippen molar-refractivity contribution in [2.45, 2.75) is 12.8 Å². The molecule has 0 spiro atoms. The first-order chi connectivity index (χ1) is 13.5. The van der Waals surface area contributed by atoms with Crippen molar-refractivity contribution in [2.75, 3.05) is 40.9 Å². The Hall–Kier alpha value is -1.93. The van der Waals surface area contributed by atoms with Gasteiger partial charge in [0.25, 0.3) is 0 Å². The monoisotopic (exact) mass is 422 g/mol. The molecular weight excluding hydrogens is 396 g/mol. The highest BCUT2D eigenvalue weighted by Gasteiger charge is 2.12. The third kappa shape index (κ3) is 7.59. The van der Waals surface area contributed by atoms with E-state index in [0.29, 0.717) is 22.5 Å². The molecule has 0 radical (unpaired) electrons. The summed E-state index contributed by atoms with van der Waals surface area (Å²) in [6.07, 6.45) is 1.59. The lowest BCUT2D eigenvalue weighted by Crippen LogP contribution is -2.34. The Bertz CT molecular complexity index is 792. The molecule has 0 amide bonds. The minimum Gasteiger partial charge on any atom is -0.455 e. The van der Waals surface area contributed by atoms with Crippen molar-refractivity contribution in [3.05, 3.63) is 47.2 Å². The fourth-order valence-corrected chi connectivity index (χ4v) is 2.77. The largest absolute Gasteiger partial charge is 0.455 e. The first kappa shape index (κ1) is 22.4. The minimum absolute atomic E-state index is 0.472. The van der Waals surface area contributed by atoms with Crippen LogP contribution in [0.4, 0.5) is 0 Å². The number of ether oxygens (including phenoxy) is 1. The predicted octanol–water partition coefficient (Wildman–Crippen LogP) is 3.76. The summed E-state index contributed by atoms with van der Waals surface area (Å²) in [5.74, 6) is 1.45. The van der Waals surface area contributed by atoms with E-state index in [9.17, 15) is 0 Å². The molecule has 8 heteroatoms. The van der Waals surface area contributed by atoms with Crippen LogP contribution >= 0.6 is 23.8 Å². The van der Waals surface area contributed by atoms with Crippen LogP contribution in [0.3, 0.4) is 0 Å². The van der Waals surface area contributed by atoms with Gasteiger partial charge in [-0.2, -0.15) is 5.10 Å². The SMILES string of the molecule is COCCCNC(=S)N/N=C(\CCN(C)C)c1ccc(-c2cccc(Cl)c2)o1. The maximum absolute atomic E-state index is 6.08. The van der Waals surface area contributed by atoms with Gasteiger partial charge in [0.15, 0.2) is 10.9 Å². The van der Waals surface area contributed by atoms with Gasteiger partial charge in [0.05, 0.1) is 0 Å². The fourth-order valence-electron chi connectivity index (χ4n) is 2.43. The van der Waals surface area contributed by atoms with E-state index in [-0.39, 0.29) is 0 Å². The molecule has 2 N–H and O–H groups in total. The van der Waals surface area contributed by atoms with Gasteiger partial charge < -0.3 is 19.4 Å². The zero-order valence-corrected chi connectivity index (χ0v) is 18.1. The van der Waals surface area contributed by atoms with Gasteiger partial charge in [-0.05, 0) is 57.0 Å². The van der Waals surface area contributed by atoms with Crippen LogP contribution in [0.25, 0.3) is 11.3 Å². The highest BCUT2D eigenvalue weighted by molar-refractivity contribution is 7.80. The van der Waals surface area contributed by atoms with Crippen molar-refractivity contribution >= 4 is 34.6 Å². The van der Waals surface area contributed by atoms with Crippen molar-refractivity contribution in [1.82, 2.24) is 15.6 Å². The number of hydrogen-bond donors (Lipinski definition) is 2. The molecule has 0 atom stereocenters. The molecule has 1 heterocycles. The van der Waals surface area contributed by atoms with Crippen LogP contribution in [0.2, 0.25) is 5.02 Å². The average molecular weight is 423 g/mol. The number of benzene rings is 1. The molecule has 2 rings (SSSR count). The first-order valence-electron chi connectivity index (χ1n) is 9.10. The highest BCUT2D eigenvalue weighted by Crippen LogP contribution is 2.25. The van der Waals surface area contributed by atoms with Crippen LogP contribution < -0.4 is 10.7 Å². The van der Waals surface area contributed by atoms with E-state index in [1.165, 1.54) is 0 Å². The predicted molar refractivity (Wildman–Crippen MR) is 119 cm³/mol. The van der Waals surface area contributed by atoms with Gasteiger partial charge in [-0.15, -0.1) is 0 Å². The van der Waals surface area contributed by atoms with Crippen LogP contribution in [0.15, 0.2) is 45.9 Å². The second-order valence-corrected chi connectivity index (χ2v) is 7.34. The van der Waals surface area contributed by atoms with Gasteiger partial charge in [-0.1, -0.05) is 23.7 Å². The van der Waals surface area contributed by atoms with E-state index in [0.717, 1.165) is 43.0 Å². The second-order valence-electron chi connectivity index (χ2n) is 6.50. The number of furan rings is 1. The second kappa shape index (κ2) is 11.8. The van der Waals surface area contributed by atoms with E-state index >= 15 is 0 Å². The van der Waals surface area contributed by atoms with Crippen LogP contribution in [-0.2, 0) is 4.74 Å². The standard InChI is InChI=1S/C20H27ClN4O2S/c1-25(2)12-10-17(23-24-20(28)22-11-5-13-26-3)19-9-8-18(27-19)15-6-4-7-16(21)14-15/h4,6-9,14H,5,10-13H2,1-3H3,(H2,22,24,28)/b23-17+. The Labute approximate surface area is 176 Å².